The van der Waals surface area contributed by atoms with Crippen LogP contribution in [0.3, 0.4) is 0 Å². The van der Waals surface area contributed by atoms with Crippen molar-refractivity contribution in [1.82, 2.24) is 5.32 Å². The number of nitrogens with zero attached hydrogens (tertiary/aromatic N) is 1. The van der Waals surface area contributed by atoms with Gasteiger partial charge in [-0.3, -0.25) is 0 Å². The molecule has 11 heavy (non-hydrogen) atoms. The van der Waals surface area contributed by atoms with E-state index in [4.69, 9.17) is 5.26 Å². The lowest BCUT2D eigenvalue weighted by Crippen LogP contribution is -2.24. The first-order chi connectivity index (χ1) is 5.43. The lowest BCUT2D eigenvalue weighted by Gasteiger charge is -2.20. The Morgan fingerprint density at radius 1 is 1.27 bits per heavy atom. The van der Waals surface area contributed by atoms with E-state index >= 15 is 0 Å². The predicted molar refractivity (Wildman–Crippen MR) is 45.1 cm³/mol. The molecular formula is C9H16N2. The van der Waals surface area contributed by atoms with Crippen molar-refractivity contribution in [2.24, 2.45) is 5.92 Å². The molecule has 0 aromatic heterocycles. The minimum atomic E-state index is 0.510. The van der Waals surface area contributed by atoms with Gasteiger partial charge in [-0.1, -0.05) is 19.3 Å². The first kappa shape index (κ1) is 8.55. The van der Waals surface area contributed by atoms with E-state index in [2.05, 4.69) is 11.4 Å². The highest BCUT2D eigenvalue weighted by Crippen LogP contribution is 2.22. The zero-order valence-electron chi connectivity index (χ0n) is 6.97. The largest absolute Gasteiger partial charge is 0.304 e. The Morgan fingerprint density at radius 3 is 2.64 bits per heavy atom. The van der Waals surface area contributed by atoms with Crippen LogP contribution in [0.25, 0.3) is 0 Å². The maximum atomic E-state index is 8.28. The smallest absolute Gasteiger partial charge is 0.0841 e. The maximum absolute atomic E-state index is 8.28. The number of rotatable bonds is 3. The van der Waals surface area contributed by atoms with Crippen molar-refractivity contribution in [1.29, 1.82) is 5.26 Å². The van der Waals surface area contributed by atoms with E-state index in [1.165, 1.54) is 32.1 Å². The highest BCUT2D eigenvalue weighted by Gasteiger charge is 2.11. The topological polar surface area (TPSA) is 35.8 Å². The molecule has 2 nitrogen and oxygen atoms in total. The second-order valence-electron chi connectivity index (χ2n) is 3.29. The summed E-state index contributed by atoms with van der Waals surface area (Å²) in [6.07, 6.45) is 6.91. The fourth-order valence-electron chi connectivity index (χ4n) is 1.72. The Balaban J connectivity index is 2.01. The first-order valence-corrected chi connectivity index (χ1v) is 4.51. The van der Waals surface area contributed by atoms with Crippen molar-refractivity contribution in [3.05, 3.63) is 0 Å². The molecule has 0 aromatic rings. The molecule has 0 bridgehead atoms. The Morgan fingerprint density at radius 2 is 2.00 bits per heavy atom. The Bertz CT molecular complexity index is 131. The molecule has 0 saturated heterocycles. The summed E-state index contributed by atoms with van der Waals surface area (Å²) in [6.45, 7) is 1.56. The maximum Gasteiger partial charge on any atom is 0.0841 e. The van der Waals surface area contributed by atoms with E-state index in [1.54, 1.807) is 0 Å². The van der Waals surface area contributed by atoms with Crippen molar-refractivity contribution in [2.75, 3.05) is 13.1 Å². The number of hydrogen-bond acceptors (Lipinski definition) is 2. The predicted octanol–water partition coefficient (Wildman–Crippen LogP) is 1.68. The lowest BCUT2D eigenvalue weighted by atomic mass is 9.89. The molecule has 0 unspecified atom stereocenters. The molecule has 62 valence electrons. The van der Waals surface area contributed by atoms with Gasteiger partial charge in [0.25, 0.3) is 0 Å². The molecule has 0 spiro atoms. The van der Waals surface area contributed by atoms with E-state index in [-0.39, 0.29) is 0 Å². The van der Waals surface area contributed by atoms with Crippen LogP contribution in [-0.4, -0.2) is 13.1 Å². The van der Waals surface area contributed by atoms with Crippen LogP contribution in [0, 0.1) is 17.2 Å². The Hall–Kier alpha value is -0.550. The summed E-state index contributed by atoms with van der Waals surface area (Å²) in [5.41, 5.74) is 0. The van der Waals surface area contributed by atoms with E-state index in [0.717, 1.165) is 12.5 Å². The average molecular weight is 152 g/mol. The molecule has 1 fully saturated rings. The summed E-state index contributed by atoms with van der Waals surface area (Å²) < 4.78 is 0. The van der Waals surface area contributed by atoms with Gasteiger partial charge in [0, 0.05) is 0 Å². The minimum absolute atomic E-state index is 0.510. The van der Waals surface area contributed by atoms with Gasteiger partial charge in [0.05, 0.1) is 12.6 Å². The number of nitriles is 1. The third kappa shape index (κ3) is 3.38. The van der Waals surface area contributed by atoms with Gasteiger partial charge in [-0.15, -0.1) is 0 Å². The fourth-order valence-corrected chi connectivity index (χ4v) is 1.72. The fraction of sp³-hybridized carbons (Fsp3) is 0.889. The molecule has 1 N–H and O–H groups in total. The molecule has 1 rings (SSSR count). The number of hydrogen-bond donors (Lipinski definition) is 1. The van der Waals surface area contributed by atoms with Crippen molar-refractivity contribution in [2.45, 2.75) is 32.1 Å². The van der Waals surface area contributed by atoms with Crippen molar-refractivity contribution >= 4 is 0 Å². The molecule has 0 aliphatic heterocycles. The van der Waals surface area contributed by atoms with Crippen LogP contribution < -0.4 is 5.32 Å². The van der Waals surface area contributed by atoms with Crippen molar-refractivity contribution in [3.63, 3.8) is 0 Å². The van der Waals surface area contributed by atoms with E-state index in [0.29, 0.717) is 6.54 Å². The van der Waals surface area contributed by atoms with Crippen LogP contribution in [0.5, 0.6) is 0 Å². The van der Waals surface area contributed by atoms with E-state index < -0.39 is 0 Å². The summed E-state index contributed by atoms with van der Waals surface area (Å²) >= 11 is 0. The second-order valence-corrected chi connectivity index (χ2v) is 3.29. The normalized spacial score (nSPS) is 19.5. The van der Waals surface area contributed by atoms with Crippen molar-refractivity contribution < 1.29 is 0 Å². The highest BCUT2D eigenvalue weighted by molar-refractivity contribution is 4.75. The first-order valence-electron chi connectivity index (χ1n) is 4.51. The standard InChI is InChI=1S/C9H16N2/c10-6-7-11-8-9-4-2-1-3-5-9/h9,11H,1-5,7-8H2. The highest BCUT2D eigenvalue weighted by atomic mass is 14.8. The molecule has 2 heteroatoms. The van der Waals surface area contributed by atoms with Crippen LogP contribution in [0.15, 0.2) is 0 Å². The van der Waals surface area contributed by atoms with Crippen LogP contribution in [-0.2, 0) is 0 Å². The molecular weight excluding hydrogens is 136 g/mol. The summed E-state index contributed by atoms with van der Waals surface area (Å²) in [6, 6.07) is 2.10. The zero-order chi connectivity index (χ0) is 7.94. The Kier molecular flexibility index (Phi) is 4.00. The van der Waals surface area contributed by atoms with Gasteiger partial charge in [-0.25, -0.2) is 0 Å². The van der Waals surface area contributed by atoms with Gasteiger partial charge in [-0.05, 0) is 25.3 Å². The van der Waals surface area contributed by atoms with Gasteiger partial charge < -0.3 is 5.32 Å². The van der Waals surface area contributed by atoms with Gasteiger partial charge in [0.1, 0.15) is 0 Å². The second kappa shape index (κ2) is 5.15. The van der Waals surface area contributed by atoms with Crippen LogP contribution in [0.1, 0.15) is 32.1 Å². The average Bonchev–Trinajstić information content (AvgIpc) is 2.07. The molecule has 1 saturated carbocycles. The molecule has 0 amide bonds. The molecule has 1 aliphatic carbocycles. The summed E-state index contributed by atoms with van der Waals surface area (Å²) in [7, 11) is 0. The molecule has 0 radical (unpaired) electrons. The van der Waals surface area contributed by atoms with Crippen LogP contribution >= 0.6 is 0 Å². The quantitative estimate of drug-likeness (QED) is 0.493. The molecule has 0 aromatic carbocycles. The van der Waals surface area contributed by atoms with Crippen LogP contribution in [0.4, 0.5) is 0 Å². The van der Waals surface area contributed by atoms with Crippen molar-refractivity contribution in [3.8, 4) is 6.07 Å². The van der Waals surface area contributed by atoms with Gasteiger partial charge in [0.2, 0.25) is 0 Å². The third-order valence-corrected chi connectivity index (χ3v) is 2.36. The Labute approximate surface area is 68.6 Å². The van der Waals surface area contributed by atoms with Gasteiger partial charge >= 0.3 is 0 Å². The zero-order valence-corrected chi connectivity index (χ0v) is 6.97. The van der Waals surface area contributed by atoms with Gasteiger partial charge in [0.15, 0.2) is 0 Å². The minimum Gasteiger partial charge on any atom is -0.304 e. The molecule has 0 atom stereocenters. The third-order valence-electron chi connectivity index (χ3n) is 2.36. The van der Waals surface area contributed by atoms with E-state index in [1.807, 2.05) is 0 Å². The van der Waals surface area contributed by atoms with Crippen LogP contribution in [0.2, 0.25) is 0 Å². The number of nitrogens with one attached hydrogen (secondary N) is 1. The summed E-state index contributed by atoms with van der Waals surface area (Å²) in [5.74, 6) is 0.845. The van der Waals surface area contributed by atoms with E-state index in [9.17, 15) is 0 Å². The molecule has 0 heterocycles. The molecule has 1 aliphatic rings. The SMILES string of the molecule is N#CCNCC1CCCCC1. The summed E-state index contributed by atoms with van der Waals surface area (Å²) in [4.78, 5) is 0. The monoisotopic (exact) mass is 152 g/mol. The summed E-state index contributed by atoms with van der Waals surface area (Å²) in [5, 5.41) is 11.4. The van der Waals surface area contributed by atoms with Gasteiger partial charge in [-0.2, -0.15) is 5.26 Å². The lowest BCUT2D eigenvalue weighted by molar-refractivity contribution is 0.347.